The molecule has 5 unspecified atom stereocenters. The predicted molar refractivity (Wildman–Crippen MR) is 119 cm³/mol. The Bertz CT molecular complexity index is 675. The zero-order chi connectivity index (χ0) is 25.6. The molecule has 190 valence electrons. The molecule has 33 heavy (non-hydrogen) atoms. The number of aliphatic carboxylic acids is 1. The van der Waals surface area contributed by atoms with Crippen LogP contribution in [0.1, 0.15) is 52.4 Å². The minimum atomic E-state index is -1.48. The van der Waals surface area contributed by atoms with Crippen LogP contribution in [-0.2, 0) is 24.0 Å². The van der Waals surface area contributed by atoms with Crippen molar-refractivity contribution in [1.29, 1.82) is 0 Å². The van der Waals surface area contributed by atoms with Gasteiger partial charge in [0.1, 0.15) is 18.1 Å². The maximum atomic E-state index is 12.8. The molecular weight excluding hydrogens is 436 g/mol. The van der Waals surface area contributed by atoms with Crippen LogP contribution in [0.3, 0.4) is 0 Å². The number of nitrogens with one attached hydrogen (secondary N) is 3. The Morgan fingerprint density at radius 3 is 1.91 bits per heavy atom. The lowest BCUT2D eigenvalue weighted by atomic mass is 9.98. The molecule has 0 aliphatic heterocycles. The summed E-state index contributed by atoms with van der Waals surface area (Å²) in [5.74, 6) is -4.50. The number of unbranched alkanes of at least 4 members (excludes halogenated alkanes) is 1. The molecule has 5 atom stereocenters. The summed E-state index contributed by atoms with van der Waals surface area (Å²) in [4.78, 5) is 59.9. The lowest BCUT2D eigenvalue weighted by molar-refractivity contribution is -0.143. The Morgan fingerprint density at radius 2 is 1.42 bits per heavy atom. The third kappa shape index (κ3) is 11.6. The highest BCUT2D eigenvalue weighted by Crippen LogP contribution is 2.08. The first-order valence-corrected chi connectivity index (χ1v) is 11.0. The third-order valence-corrected chi connectivity index (χ3v) is 5.25. The molecule has 0 heterocycles. The average Bonchev–Trinajstić information content (AvgIpc) is 2.77. The Kier molecular flexibility index (Phi) is 14.6. The molecule has 11 N–H and O–H groups in total. The minimum absolute atomic E-state index is 0.123. The summed E-state index contributed by atoms with van der Waals surface area (Å²) in [6, 6.07) is -4.79. The Balaban J connectivity index is 5.28. The Morgan fingerprint density at radius 1 is 0.879 bits per heavy atom. The maximum Gasteiger partial charge on any atom is 0.326 e. The first-order valence-electron chi connectivity index (χ1n) is 11.0. The van der Waals surface area contributed by atoms with Crippen LogP contribution in [0.4, 0.5) is 0 Å². The molecule has 0 aromatic rings. The maximum absolute atomic E-state index is 12.8. The van der Waals surface area contributed by atoms with Crippen molar-refractivity contribution in [3.63, 3.8) is 0 Å². The quantitative estimate of drug-likeness (QED) is 0.102. The van der Waals surface area contributed by atoms with Gasteiger partial charge in [0.25, 0.3) is 0 Å². The summed E-state index contributed by atoms with van der Waals surface area (Å²) in [6.45, 7) is 3.24. The van der Waals surface area contributed by atoms with Gasteiger partial charge >= 0.3 is 5.97 Å². The van der Waals surface area contributed by atoms with Crippen molar-refractivity contribution < 1.29 is 34.2 Å². The molecule has 0 rings (SSSR count). The van der Waals surface area contributed by atoms with Crippen LogP contribution in [0.5, 0.6) is 0 Å². The molecule has 13 nitrogen and oxygen atoms in total. The zero-order valence-electron chi connectivity index (χ0n) is 19.2. The molecular formula is C20H38N6O7. The molecule has 0 radical (unpaired) electrons. The number of carbonyl (C=O) groups is 5. The van der Waals surface area contributed by atoms with E-state index in [0.717, 1.165) is 0 Å². The van der Waals surface area contributed by atoms with E-state index in [1.165, 1.54) is 0 Å². The molecule has 0 aromatic heterocycles. The van der Waals surface area contributed by atoms with Gasteiger partial charge in [0.05, 0.1) is 12.6 Å². The number of carboxylic acid groups (broad SMARTS) is 1. The lowest BCUT2D eigenvalue weighted by Gasteiger charge is -2.25. The number of hydrogen-bond acceptors (Lipinski definition) is 8. The van der Waals surface area contributed by atoms with Gasteiger partial charge in [-0.1, -0.05) is 20.3 Å². The van der Waals surface area contributed by atoms with E-state index < -0.39 is 60.4 Å². The number of rotatable bonds is 17. The van der Waals surface area contributed by atoms with Gasteiger partial charge < -0.3 is 43.4 Å². The number of hydrogen-bond donors (Lipinski definition) is 8. The van der Waals surface area contributed by atoms with E-state index in [1.54, 1.807) is 6.92 Å². The first kappa shape index (κ1) is 30.2. The fourth-order valence-electron chi connectivity index (χ4n) is 2.82. The van der Waals surface area contributed by atoms with Crippen molar-refractivity contribution in [1.82, 2.24) is 16.0 Å². The predicted octanol–water partition coefficient (Wildman–Crippen LogP) is -2.71. The number of carboxylic acids is 1. The van der Waals surface area contributed by atoms with Gasteiger partial charge in [0, 0.05) is 6.42 Å². The standard InChI is InChI=1S/C20H38N6O7/c1-3-11(2)16(23)19(31)24-12(6-4-5-9-21)17(29)26-14(10-27)18(30)25-13(20(32)33)7-8-15(22)28/h11-14,16,27H,3-10,21,23H2,1-2H3,(H2,22,28)(H,24,31)(H,25,30)(H,26,29)(H,32,33). The van der Waals surface area contributed by atoms with Crippen LogP contribution in [0.2, 0.25) is 0 Å². The van der Waals surface area contributed by atoms with E-state index in [2.05, 4.69) is 16.0 Å². The van der Waals surface area contributed by atoms with E-state index in [-0.39, 0.29) is 25.2 Å². The summed E-state index contributed by atoms with van der Waals surface area (Å²) in [7, 11) is 0. The molecule has 4 amide bonds. The molecule has 0 saturated carbocycles. The van der Waals surface area contributed by atoms with Crippen molar-refractivity contribution in [2.75, 3.05) is 13.2 Å². The van der Waals surface area contributed by atoms with Crippen LogP contribution < -0.4 is 33.2 Å². The molecule has 13 heteroatoms. The number of primary amides is 1. The molecule has 0 fully saturated rings. The highest BCUT2D eigenvalue weighted by atomic mass is 16.4. The second-order valence-corrected chi connectivity index (χ2v) is 7.91. The second-order valence-electron chi connectivity index (χ2n) is 7.91. The van der Waals surface area contributed by atoms with E-state index in [4.69, 9.17) is 17.2 Å². The van der Waals surface area contributed by atoms with Crippen LogP contribution in [-0.4, -0.2) is 77.1 Å². The van der Waals surface area contributed by atoms with Gasteiger partial charge in [-0.3, -0.25) is 19.2 Å². The fraction of sp³-hybridized carbons (Fsp3) is 0.750. The summed E-state index contributed by atoms with van der Waals surface area (Å²) in [5.41, 5.74) is 16.4. The monoisotopic (exact) mass is 474 g/mol. The molecule has 0 saturated heterocycles. The molecule has 0 aromatic carbocycles. The first-order chi connectivity index (χ1) is 15.5. The van der Waals surface area contributed by atoms with Gasteiger partial charge in [0.2, 0.25) is 23.6 Å². The summed E-state index contributed by atoms with van der Waals surface area (Å²) >= 11 is 0. The fourth-order valence-corrected chi connectivity index (χ4v) is 2.82. The molecule has 0 bridgehead atoms. The second kappa shape index (κ2) is 15.9. The summed E-state index contributed by atoms with van der Waals surface area (Å²) < 4.78 is 0. The summed E-state index contributed by atoms with van der Waals surface area (Å²) in [5, 5.41) is 25.8. The normalized spacial score (nSPS) is 15.4. The number of aliphatic hydroxyl groups is 1. The van der Waals surface area contributed by atoms with Gasteiger partial charge in [-0.2, -0.15) is 0 Å². The van der Waals surface area contributed by atoms with Gasteiger partial charge in [0.15, 0.2) is 0 Å². The van der Waals surface area contributed by atoms with Crippen molar-refractivity contribution in [3.05, 3.63) is 0 Å². The number of amides is 4. The summed E-state index contributed by atoms with van der Waals surface area (Å²) in [6.07, 6.45) is 1.45. The van der Waals surface area contributed by atoms with Crippen molar-refractivity contribution in [3.8, 4) is 0 Å². The van der Waals surface area contributed by atoms with E-state index >= 15 is 0 Å². The van der Waals surface area contributed by atoms with Crippen molar-refractivity contribution in [2.24, 2.45) is 23.1 Å². The van der Waals surface area contributed by atoms with Gasteiger partial charge in [-0.05, 0) is 38.1 Å². The number of nitrogens with two attached hydrogens (primary N) is 3. The van der Waals surface area contributed by atoms with Gasteiger partial charge in [-0.25, -0.2) is 4.79 Å². The van der Waals surface area contributed by atoms with Crippen molar-refractivity contribution >= 4 is 29.6 Å². The molecule has 0 aliphatic carbocycles. The van der Waals surface area contributed by atoms with Crippen LogP contribution in [0.15, 0.2) is 0 Å². The van der Waals surface area contributed by atoms with Gasteiger partial charge in [-0.15, -0.1) is 0 Å². The van der Waals surface area contributed by atoms with Crippen LogP contribution in [0.25, 0.3) is 0 Å². The minimum Gasteiger partial charge on any atom is -0.480 e. The SMILES string of the molecule is CCC(C)C(N)C(=O)NC(CCCCN)C(=O)NC(CO)C(=O)NC(CCC(N)=O)C(=O)O. The zero-order valence-corrected chi connectivity index (χ0v) is 19.2. The largest absolute Gasteiger partial charge is 0.480 e. The van der Waals surface area contributed by atoms with Crippen LogP contribution >= 0.6 is 0 Å². The van der Waals surface area contributed by atoms with E-state index in [0.29, 0.717) is 25.8 Å². The van der Waals surface area contributed by atoms with Crippen molar-refractivity contribution in [2.45, 2.75) is 76.5 Å². The third-order valence-electron chi connectivity index (χ3n) is 5.25. The lowest BCUT2D eigenvalue weighted by Crippen LogP contribution is -2.58. The number of carbonyl (C=O) groups excluding carboxylic acids is 4. The smallest absolute Gasteiger partial charge is 0.326 e. The number of aliphatic hydroxyl groups excluding tert-OH is 1. The Labute approximate surface area is 193 Å². The highest BCUT2D eigenvalue weighted by Gasteiger charge is 2.30. The van der Waals surface area contributed by atoms with E-state index in [9.17, 15) is 34.2 Å². The average molecular weight is 475 g/mol. The topological polar surface area (TPSA) is 240 Å². The molecule has 0 aliphatic rings. The van der Waals surface area contributed by atoms with Crippen LogP contribution in [0, 0.1) is 5.92 Å². The van der Waals surface area contributed by atoms with E-state index in [1.807, 2.05) is 6.92 Å². The highest BCUT2D eigenvalue weighted by molar-refractivity contribution is 5.94. The molecule has 0 spiro atoms. The Hall–Kier alpha value is -2.77.